The van der Waals surface area contributed by atoms with Crippen molar-refractivity contribution in [2.24, 2.45) is 16.6 Å². The van der Waals surface area contributed by atoms with E-state index in [1.54, 1.807) is 12.1 Å². The van der Waals surface area contributed by atoms with Crippen LogP contribution in [0.1, 0.15) is 12.8 Å². The van der Waals surface area contributed by atoms with E-state index in [-0.39, 0.29) is 23.7 Å². The highest BCUT2D eigenvalue weighted by Gasteiger charge is 2.34. The Morgan fingerprint density at radius 2 is 2.33 bits per heavy atom. The van der Waals surface area contributed by atoms with Crippen LogP contribution in [-0.4, -0.2) is 28.6 Å². The van der Waals surface area contributed by atoms with E-state index >= 15 is 0 Å². The molecule has 2 atom stereocenters. The number of hydrogen-bond donors (Lipinski definition) is 2. The van der Waals surface area contributed by atoms with Crippen molar-refractivity contribution < 1.29 is 9.90 Å². The number of carbonyl (C=O) groups is 1. The minimum absolute atomic E-state index is 0.217. The van der Waals surface area contributed by atoms with Crippen molar-refractivity contribution in [3.8, 4) is 5.75 Å². The summed E-state index contributed by atoms with van der Waals surface area (Å²) < 4.78 is 0. The molecule has 2 aliphatic heterocycles. The van der Waals surface area contributed by atoms with Crippen molar-refractivity contribution in [2.45, 2.75) is 19.0 Å². The third-order valence-corrected chi connectivity index (χ3v) is 3.62. The normalized spacial score (nSPS) is 25.4. The number of phenolic OH excluding ortho intramolecular Hbond substituents is 1. The predicted molar refractivity (Wildman–Crippen MR) is 65.8 cm³/mol. The minimum atomic E-state index is -0.301. The Balaban J connectivity index is 2.14. The molecule has 1 saturated heterocycles. The fourth-order valence-corrected chi connectivity index (χ4v) is 2.69. The molecular weight excluding hydrogens is 230 g/mol. The Kier molecular flexibility index (Phi) is 2.47. The summed E-state index contributed by atoms with van der Waals surface area (Å²) in [5, 5.41) is 11.3. The second-order valence-electron chi connectivity index (χ2n) is 4.77. The number of fused-ring (bicyclic) bond motifs is 2. The number of phenols is 1. The summed E-state index contributed by atoms with van der Waals surface area (Å²) in [6.07, 6.45) is 3.36. The zero-order chi connectivity index (χ0) is 12.7. The van der Waals surface area contributed by atoms with Gasteiger partial charge in [-0.15, -0.1) is 0 Å². The molecule has 5 heteroatoms. The summed E-state index contributed by atoms with van der Waals surface area (Å²) in [7, 11) is 0. The van der Waals surface area contributed by atoms with Crippen molar-refractivity contribution in [3.05, 3.63) is 28.8 Å². The number of amides is 1. The molecule has 0 bridgehead atoms. The van der Waals surface area contributed by atoms with E-state index in [0.29, 0.717) is 0 Å². The van der Waals surface area contributed by atoms with E-state index in [0.717, 1.165) is 30.0 Å². The quantitative estimate of drug-likeness (QED) is 0.686. The van der Waals surface area contributed by atoms with Crippen LogP contribution in [0.3, 0.4) is 0 Å². The summed E-state index contributed by atoms with van der Waals surface area (Å²) in [4.78, 5) is 18.0. The zero-order valence-corrected chi connectivity index (χ0v) is 9.91. The molecule has 0 aromatic heterocycles. The van der Waals surface area contributed by atoms with Crippen LogP contribution in [-0.2, 0) is 4.79 Å². The van der Waals surface area contributed by atoms with E-state index in [1.165, 1.54) is 0 Å². The maximum Gasteiger partial charge on any atom is 0.224 e. The predicted octanol–water partition coefficient (Wildman–Crippen LogP) is -0.713. The summed E-state index contributed by atoms with van der Waals surface area (Å²) in [5.74, 6) is -0.327. The van der Waals surface area contributed by atoms with Crippen molar-refractivity contribution >= 4 is 12.1 Å². The van der Waals surface area contributed by atoms with Gasteiger partial charge in [-0.2, -0.15) is 0 Å². The Hall–Kier alpha value is -2.04. The summed E-state index contributed by atoms with van der Waals surface area (Å²) in [6, 6.07) is 5.24. The molecule has 3 N–H and O–H groups in total. The Morgan fingerprint density at radius 1 is 1.50 bits per heavy atom. The first-order chi connectivity index (χ1) is 8.66. The lowest BCUT2D eigenvalue weighted by molar-refractivity contribution is -0.124. The Bertz CT molecular complexity index is 611. The monoisotopic (exact) mass is 245 g/mol. The fraction of sp³-hybridized carbons (Fsp3) is 0.385. The molecule has 2 unspecified atom stereocenters. The zero-order valence-electron chi connectivity index (χ0n) is 9.91. The maximum atomic E-state index is 11.5. The van der Waals surface area contributed by atoms with Gasteiger partial charge in [-0.05, 0) is 25.0 Å². The van der Waals surface area contributed by atoms with E-state index in [9.17, 15) is 9.90 Å². The second-order valence-corrected chi connectivity index (χ2v) is 4.77. The van der Waals surface area contributed by atoms with Gasteiger partial charge in [-0.25, -0.2) is 0 Å². The molecule has 1 fully saturated rings. The van der Waals surface area contributed by atoms with Gasteiger partial charge in [0.1, 0.15) is 11.9 Å². The number of benzene rings is 1. The molecule has 18 heavy (non-hydrogen) atoms. The molecule has 5 nitrogen and oxygen atoms in total. The topological polar surface area (TPSA) is 78.9 Å². The fourth-order valence-electron chi connectivity index (χ4n) is 2.69. The molecule has 94 valence electrons. The van der Waals surface area contributed by atoms with Crippen LogP contribution in [0.5, 0.6) is 5.75 Å². The first kappa shape index (κ1) is 11.1. The van der Waals surface area contributed by atoms with Crippen LogP contribution < -0.4 is 16.3 Å². The van der Waals surface area contributed by atoms with Gasteiger partial charge in [0.2, 0.25) is 5.91 Å². The lowest BCUT2D eigenvalue weighted by Crippen LogP contribution is -2.51. The smallest absolute Gasteiger partial charge is 0.224 e. The number of carbonyl (C=O) groups excluding carboxylic acids is 1. The van der Waals surface area contributed by atoms with E-state index in [1.807, 2.05) is 17.2 Å². The molecule has 2 heterocycles. The average molecular weight is 245 g/mol. The van der Waals surface area contributed by atoms with Gasteiger partial charge in [-0.1, -0.05) is 6.07 Å². The van der Waals surface area contributed by atoms with Crippen LogP contribution in [0.15, 0.2) is 23.2 Å². The molecule has 0 radical (unpaired) electrons. The second kappa shape index (κ2) is 4.01. The number of primary amides is 1. The first-order valence-corrected chi connectivity index (χ1v) is 6.09. The van der Waals surface area contributed by atoms with E-state index in [2.05, 4.69) is 4.99 Å². The highest BCUT2D eigenvalue weighted by molar-refractivity contribution is 5.77. The van der Waals surface area contributed by atoms with Gasteiger partial charge in [0.15, 0.2) is 0 Å². The van der Waals surface area contributed by atoms with Gasteiger partial charge < -0.3 is 15.7 Å². The number of nitrogens with two attached hydrogens (primary N) is 1. The third-order valence-electron chi connectivity index (χ3n) is 3.62. The Morgan fingerprint density at radius 3 is 3.11 bits per heavy atom. The minimum Gasteiger partial charge on any atom is -0.507 e. The van der Waals surface area contributed by atoms with Crippen molar-refractivity contribution in [2.75, 3.05) is 6.54 Å². The van der Waals surface area contributed by atoms with Gasteiger partial charge >= 0.3 is 0 Å². The van der Waals surface area contributed by atoms with Crippen LogP contribution in [0.25, 0.3) is 6.20 Å². The van der Waals surface area contributed by atoms with Crippen LogP contribution >= 0.6 is 0 Å². The summed E-state index contributed by atoms with van der Waals surface area (Å²) in [5.41, 5.74) is 5.44. The molecule has 3 rings (SSSR count). The Labute approximate surface area is 104 Å². The van der Waals surface area contributed by atoms with Crippen LogP contribution in [0.4, 0.5) is 0 Å². The highest BCUT2D eigenvalue weighted by Crippen LogP contribution is 2.25. The van der Waals surface area contributed by atoms with Crippen molar-refractivity contribution in [1.29, 1.82) is 0 Å². The van der Waals surface area contributed by atoms with Gasteiger partial charge in [0.25, 0.3) is 0 Å². The number of nitrogens with zero attached hydrogens (tertiary/aromatic N) is 2. The average Bonchev–Trinajstić information content (AvgIpc) is 2.36. The molecule has 1 amide bonds. The molecule has 1 aromatic carbocycles. The standard InChI is InChI=1S/C13H15N3O2/c14-12(18)8-3-2-6-16-7-9-10(15-13(8)16)4-1-5-11(9)17/h1,4-5,7-8,13,17H,2-3,6H2,(H2,14,18). The van der Waals surface area contributed by atoms with Gasteiger partial charge in [0, 0.05) is 12.7 Å². The first-order valence-electron chi connectivity index (χ1n) is 6.09. The SMILES string of the molecule is NC(=O)C1CCCN2C=c3c(O)cccc3=NC12. The summed E-state index contributed by atoms with van der Waals surface area (Å²) >= 11 is 0. The number of piperidine rings is 1. The molecule has 2 aliphatic rings. The molecule has 0 aliphatic carbocycles. The van der Waals surface area contributed by atoms with Gasteiger partial charge in [0.05, 0.1) is 16.5 Å². The number of aromatic hydroxyl groups is 1. The van der Waals surface area contributed by atoms with Crippen molar-refractivity contribution in [1.82, 2.24) is 4.90 Å². The number of hydrogen-bond acceptors (Lipinski definition) is 4. The van der Waals surface area contributed by atoms with Crippen LogP contribution in [0.2, 0.25) is 0 Å². The largest absolute Gasteiger partial charge is 0.507 e. The van der Waals surface area contributed by atoms with E-state index in [4.69, 9.17) is 5.73 Å². The van der Waals surface area contributed by atoms with Gasteiger partial charge in [-0.3, -0.25) is 9.79 Å². The molecule has 0 spiro atoms. The molecule has 0 saturated carbocycles. The van der Waals surface area contributed by atoms with Crippen LogP contribution in [0, 0.1) is 5.92 Å². The molecular formula is C13H15N3O2. The molecule has 1 aromatic rings. The third kappa shape index (κ3) is 1.63. The summed E-state index contributed by atoms with van der Waals surface area (Å²) in [6.45, 7) is 0.839. The lowest BCUT2D eigenvalue weighted by Gasteiger charge is -2.38. The van der Waals surface area contributed by atoms with E-state index < -0.39 is 0 Å². The van der Waals surface area contributed by atoms with Crippen molar-refractivity contribution in [3.63, 3.8) is 0 Å². The lowest BCUT2D eigenvalue weighted by atomic mass is 9.93. The number of rotatable bonds is 1. The highest BCUT2D eigenvalue weighted by atomic mass is 16.3. The maximum absolute atomic E-state index is 11.5.